The van der Waals surface area contributed by atoms with Gasteiger partial charge >= 0.3 is 93.4 Å². The molecule has 1 aromatic rings. The average Bonchev–Trinajstić information content (AvgIpc) is 2.62. The van der Waals surface area contributed by atoms with Crippen molar-refractivity contribution in [3.63, 3.8) is 0 Å². The molecule has 0 radical (unpaired) electrons. The number of benzene rings is 1. The zero-order valence-electron chi connectivity index (χ0n) is 7.61. The second-order valence-corrected chi connectivity index (χ2v) is 3.65. The van der Waals surface area contributed by atoms with E-state index in [1.807, 2.05) is 19.1 Å². The number of fused-ring (bicyclic) bond motifs is 1. The van der Waals surface area contributed by atoms with Gasteiger partial charge in [0.15, 0.2) is 0 Å². The van der Waals surface area contributed by atoms with Gasteiger partial charge in [-0.15, -0.1) is 0 Å². The molecule has 0 amide bonds. The summed E-state index contributed by atoms with van der Waals surface area (Å²) in [5.41, 5.74) is 2.52. The van der Waals surface area contributed by atoms with Crippen LogP contribution in [0.2, 0.25) is 0 Å². The number of hydrogen-bond acceptors (Lipinski definition) is 3. The molecular weight excluding hydrogens is 350 g/mol. The van der Waals surface area contributed by atoms with Crippen LogP contribution in [0.1, 0.15) is 12.5 Å². The van der Waals surface area contributed by atoms with Gasteiger partial charge in [-0.05, 0) is 0 Å². The summed E-state index contributed by atoms with van der Waals surface area (Å²) in [6.45, 7) is 7.88. The number of hydrogen-bond donors (Lipinski definition) is 0. The topological polar surface area (TPSA) is 30.8 Å². The van der Waals surface area contributed by atoms with Gasteiger partial charge in [0.05, 0.1) is 0 Å². The van der Waals surface area contributed by atoms with Crippen LogP contribution in [0.25, 0.3) is 5.57 Å². The molecule has 0 spiro atoms. The molecule has 4 heteroatoms. The summed E-state index contributed by atoms with van der Waals surface area (Å²) in [6, 6.07) is 3.74. The van der Waals surface area contributed by atoms with Crippen LogP contribution < -0.4 is 9.47 Å². The van der Waals surface area contributed by atoms with Gasteiger partial charge in [0.1, 0.15) is 0 Å². The van der Waals surface area contributed by atoms with E-state index in [0.717, 1.165) is 48.0 Å². The van der Waals surface area contributed by atoms with Crippen LogP contribution in [-0.4, -0.2) is 6.79 Å². The molecular formula is C10H8NO2W-. The van der Waals surface area contributed by atoms with Crippen LogP contribution in [-0.2, 0) is 19.6 Å². The Morgan fingerprint density at radius 2 is 2.07 bits per heavy atom. The normalized spacial score (nSPS) is 12.6. The quantitative estimate of drug-likeness (QED) is 0.762. The molecule has 72 valence electrons. The molecule has 1 aliphatic rings. The predicted molar refractivity (Wildman–Crippen MR) is 48.0 cm³/mol. The Hall–Kier alpha value is -0.952. The second-order valence-electron chi connectivity index (χ2n) is 3.00. The van der Waals surface area contributed by atoms with Gasteiger partial charge in [-0.1, -0.05) is 0 Å². The fourth-order valence-corrected chi connectivity index (χ4v) is 1.87. The molecule has 1 aliphatic heterocycles. The van der Waals surface area contributed by atoms with Gasteiger partial charge in [0, 0.05) is 0 Å². The second kappa shape index (κ2) is 3.66. The van der Waals surface area contributed by atoms with Crippen molar-refractivity contribution >= 4 is 11.3 Å². The molecule has 2 rings (SSSR count). The summed E-state index contributed by atoms with van der Waals surface area (Å²) in [4.78, 5) is 0. The third-order valence-corrected chi connectivity index (χ3v) is 2.72. The Bertz CT molecular complexity index is 415. The number of ether oxygens (including phenoxy) is 2. The van der Waals surface area contributed by atoms with Crippen LogP contribution >= 0.6 is 0 Å². The van der Waals surface area contributed by atoms with Crippen molar-refractivity contribution in [1.29, 1.82) is 0 Å². The number of rotatable bonds is 2. The van der Waals surface area contributed by atoms with E-state index in [0.29, 0.717) is 0 Å². The van der Waals surface area contributed by atoms with Crippen molar-refractivity contribution in [2.75, 3.05) is 6.79 Å². The molecule has 0 unspecified atom stereocenters. The summed E-state index contributed by atoms with van der Waals surface area (Å²) in [6.07, 6.45) is 0. The van der Waals surface area contributed by atoms with Crippen molar-refractivity contribution in [1.82, 2.24) is 0 Å². The summed E-state index contributed by atoms with van der Waals surface area (Å²) in [5.74, 6) is 1.49. The molecule has 0 aromatic heterocycles. The molecule has 3 nitrogen and oxygen atoms in total. The van der Waals surface area contributed by atoms with Crippen LogP contribution in [0.3, 0.4) is 0 Å². The van der Waals surface area contributed by atoms with E-state index in [2.05, 4.69) is 3.50 Å². The van der Waals surface area contributed by atoms with E-state index >= 15 is 0 Å². The molecule has 0 N–H and O–H groups in total. The van der Waals surface area contributed by atoms with Gasteiger partial charge in [-0.2, -0.15) is 0 Å². The molecule has 0 bridgehead atoms. The summed E-state index contributed by atoms with van der Waals surface area (Å²) in [5, 5.41) is 0. The van der Waals surface area contributed by atoms with Crippen molar-refractivity contribution < 1.29 is 29.1 Å². The fraction of sp³-hybridized carbons (Fsp3) is 0.200. The van der Waals surface area contributed by atoms with Crippen LogP contribution in [0.15, 0.2) is 15.6 Å². The Labute approximate surface area is 93.5 Å². The van der Waals surface area contributed by atoms with Gasteiger partial charge < -0.3 is 0 Å². The molecule has 0 atom stereocenters. The Morgan fingerprint density at radius 3 is 2.64 bits per heavy atom. The van der Waals surface area contributed by atoms with E-state index in [1.165, 1.54) is 0 Å². The number of nitrogens with zero attached hydrogens (tertiary/aromatic N) is 1. The molecule has 1 aromatic carbocycles. The van der Waals surface area contributed by atoms with Crippen LogP contribution in [0.5, 0.6) is 11.5 Å². The first-order valence-electron chi connectivity index (χ1n) is 4.09. The van der Waals surface area contributed by atoms with Gasteiger partial charge in [0.2, 0.25) is 0 Å². The Balaban J connectivity index is 2.59. The Kier molecular flexibility index (Phi) is 2.51. The standard InChI is InChI=1S/C10H8NO2.W/c1-6(2)7-3-9-10(4-8(7)11)13-5-12-9;/h1,3-4H,5H2,2H3;/q-1;. The first-order chi connectivity index (χ1) is 6.72. The average molecular weight is 358 g/mol. The summed E-state index contributed by atoms with van der Waals surface area (Å²) >= 11 is 1.14. The third-order valence-electron chi connectivity index (χ3n) is 2.01. The maximum atomic E-state index is 5.75. The molecule has 1 heterocycles. The zero-order valence-corrected chi connectivity index (χ0v) is 10.5. The van der Waals surface area contributed by atoms with Crippen LogP contribution in [0.4, 0.5) is 5.69 Å². The van der Waals surface area contributed by atoms with Crippen molar-refractivity contribution in [3.05, 3.63) is 24.3 Å². The van der Waals surface area contributed by atoms with Crippen molar-refractivity contribution in [2.24, 2.45) is 3.50 Å². The fourth-order valence-electron chi connectivity index (χ4n) is 1.32. The number of allylic oxidation sites excluding steroid dienone is 1. The molecule has 0 aliphatic carbocycles. The van der Waals surface area contributed by atoms with Crippen molar-refractivity contribution in [2.45, 2.75) is 6.92 Å². The van der Waals surface area contributed by atoms with Gasteiger partial charge in [-0.25, -0.2) is 0 Å². The molecule has 0 saturated carbocycles. The van der Waals surface area contributed by atoms with E-state index < -0.39 is 0 Å². The van der Waals surface area contributed by atoms with Crippen LogP contribution in [0, 0.1) is 6.58 Å². The zero-order chi connectivity index (χ0) is 10.1. The Morgan fingerprint density at radius 1 is 1.43 bits per heavy atom. The minimum atomic E-state index is 0.276. The summed E-state index contributed by atoms with van der Waals surface area (Å²) in [7, 11) is 0. The SMILES string of the molecule is [CH-]=C(C)c1cc2c(cc1[N]=[W])OCO2. The molecule has 0 fully saturated rings. The maximum absolute atomic E-state index is 5.75. The van der Waals surface area contributed by atoms with E-state index in [-0.39, 0.29) is 6.79 Å². The van der Waals surface area contributed by atoms with Gasteiger partial charge in [-0.3, -0.25) is 0 Å². The first-order valence-corrected chi connectivity index (χ1v) is 5.40. The molecule has 0 saturated heterocycles. The predicted octanol–water partition coefficient (Wildman–Crippen LogP) is 2.61. The first kappa shape index (κ1) is 9.60. The molecule has 14 heavy (non-hydrogen) atoms. The van der Waals surface area contributed by atoms with E-state index in [9.17, 15) is 0 Å². The third kappa shape index (κ3) is 1.52. The summed E-state index contributed by atoms with van der Waals surface area (Å²) < 4.78 is 14.7. The van der Waals surface area contributed by atoms with E-state index in [1.54, 1.807) is 0 Å². The van der Waals surface area contributed by atoms with E-state index in [4.69, 9.17) is 16.1 Å². The monoisotopic (exact) mass is 358 g/mol. The minimum absolute atomic E-state index is 0.276. The van der Waals surface area contributed by atoms with Gasteiger partial charge in [0.25, 0.3) is 0 Å². The van der Waals surface area contributed by atoms with Crippen molar-refractivity contribution in [3.8, 4) is 11.5 Å².